The maximum absolute atomic E-state index is 13.8. The molecule has 1 aromatic carbocycles. The molecule has 0 radical (unpaired) electrons. The van der Waals surface area contributed by atoms with E-state index in [-0.39, 0.29) is 23.1 Å². The van der Waals surface area contributed by atoms with E-state index >= 15 is 0 Å². The Kier molecular flexibility index (Phi) is 6.66. The number of anilines is 2. The number of urea groups is 1. The van der Waals surface area contributed by atoms with E-state index in [1.165, 1.54) is 24.4 Å². The molecule has 0 bridgehead atoms. The van der Waals surface area contributed by atoms with E-state index in [2.05, 4.69) is 34.4 Å². The third-order valence-electron chi connectivity index (χ3n) is 4.77. The van der Waals surface area contributed by atoms with Crippen LogP contribution in [0.15, 0.2) is 36.5 Å². The second-order valence-electron chi connectivity index (χ2n) is 7.05. The lowest BCUT2D eigenvalue weighted by atomic mass is 10.1. The predicted molar refractivity (Wildman–Crippen MR) is 111 cm³/mol. The molecule has 1 aliphatic heterocycles. The molecule has 0 unspecified atom stereocenters. The van der Waals surface area contributed by atoms with Crippen molar-refractivity contribution in [3.63, 3.8) is 0 Å². The van der Waals surface area contributed by atoms with Gasteiger partial charge in [-0.15, -0.1) is 0 Å². The van der Waals surface area contributed by atoms with E-state index in [1.807, 2.05) is 0 Å². The van der Waals surface area contributed by atoms with Crippen LogP contribution in [0, 0.1) is 5.82 Å². The average Bonchev–Trinajstić information content (AvgIpc) is 2.71. The highest BCUT2D eigenvalue weighted by Crippen LogP contribution is 2.20. The van der Waals surface area contributed by atoms with Gasteiger partial charge in [0.2, 0.25) is 0 Å². The molecule has 0 aliphatic carbocycles. The van der Waals surface area contributed by atoms with Crippen molar-refractivity contribution in [2.45, 2.75) is 19.9 Å². The Bertz CT molecular complexity index is 883. The van der Waals surface area contributed by atoms with Crippen molar-refractivity contribution in [1.29, 1.82) is 0 Å². The minimum Gasteiger partial charge on any atom is -0.322 e. The lowest BCUT2D eigenvalue weighted by molar-refractivity contribution is 0.102. The van der Waals surface area contributed by atoms with Crippen LogP contribution in [0.2, 0.25) is 5.02 Å². The van der Waals surface area contributed by atoms with Crippen molar-refractivity contribution in [2.75, 3.05) is 36.8 Å². The van der Waals surface area contributed by atoms with Gasteiger partial charge in [0, 0.05) is 38.4 Å². The molecule has 29 heavy (non-hydrogen) atoms. The fourth-order valence-corrected chi connectivity index (χ4v) is 3.19. The van der Waals surface area contributed by atoms with Crippen molar-refractivity contribution < 1.29 is 14.0 Å². The van der Waals surface area contributed by atoms with E-state index < -0.39 is 11.7 Å². The van der Waals surface area contributed by atoms with Gasteiger partial charge < -0.3 is 15.5 Å². The summed E-state index contributed by atoms with van der Waals surface area (Å²) in [7, 11) is 0. The molecule has 0 atom stereocenters. The summed E-state index contributed by atoms with van der Waals surface area (Å²) in [5, 5.41) is 5.73. The van der Waals surface area contributed by atoms with Gasteiger partial charge in [-0.2, -0.15) is 0 Å². The van der Waals surface area contributed by atoms with E-state index in [0.717, 1.165) is 19.2 Å². The normalized spacial score (nSPS) is 14.7. The molecule has 2 heterocycles. The number of rotatable bonds is 4. The molecular weight excluding hydrogens is 397 g/mol. The van der Waals surface area contributed by atoms with Crippen LogP contribution in [-0.4, -0.2) is 58.9 Å². The first-order chi connectivity index (χ1) is 13.8. The third kappa shape index (κ3) is 5.42. The zero-order valence-electron chi connectivity index (χ0n) is 16.3. The molecule has 3 rings (SSSR count). The van der Waals surface area contributed by atoms with Gasteiger partial charge in [0.15, 0.2) is 0 Å². The largest absolute Gasteiger partial charge is 0.322 e. The van der Waals surface area contributed by atoms with Gasteiger partial charge in [-0.05, 0) is 44.2 Å². The summed E-state index contributed by atoms with van der Waals surface area (Å²) in [5.74, 6) is -0.896. The van der Waals surface area contributed by atoms with Crippen LogP contribution in [-0.2, 0) is 0 Å². The number of carbonyl (C=O) groups is 2. The number of hydrogen-bond acceptors (Lipinski definition) is 4. The van der Waals surface area contributed by atoms with Gasteiger partial charge in [0.25, 0.3) is 5.91 Å². The number of hydrogen-bond donors (Lipinski definition) is 2. The maximum atomic E-state index is 13.8. The summed E-state index contributed by atoms with van der Waals surface area (Å²) < 4.78 is 13.8. The Morgan fingerprint density at radius 2 is 1.83 bits per heavy atom. The number of amides is 3. The topological polar surface area (TPSA) is 77.6 Å². The number of aromatic nitrogens is 1. The van der Waals surface area contributed by atoms with Gasteiger partial charge in [-0.3, -0.25) is 9.69 Å². The summed E-state index contributed by atoms with van der Waals surface area (Å²) in [5.41, 5.74) is 0.241. The lowest BCUT2D eigenvalue weighted by Gasteiger charge is -2.36. The predicted octanol–water partition coefficient (Wildman–Crippen LogP) is 3.68. The second kappa shape index (κ2) is 9.19. The second-order valence-corrected chi connectivity index (χ2v) is 7.49. The summed E-state index contributed by atoms with van der Waals surface area (Å²) in [6.45, 7) is 6.97. The lowest BCUT2D eigenvalue weighted by Crippen LogP contribution is -2.51. The smallest absolute Gasteiger partial charge is 0.321 e. The number of pyridine rings is 1. The molecule has 7 nitrogen and oxygen atoms in total. The third-order valence-corrected chi connectivity index (χ3v) is 4.99. The van der Waals surface area contributed by atoms with Crippen molar-refractivity contribution in [3.05, 3.63) is 52.9 Å². The summed E-state index contributed by atoms with van der Waals surface area (Å²) in [4.78, 5) is 33.2. The minimum atomic E-state index is -0.584. The van der Waals surface area contributed by atoms with Gasteiger partial charge in [0.05, 0.1) is 16.3 Å². The van der Waals surface area contributed by atoms with Crippen LogP contribution >= 0.6 is 11.6 Å². The van der Waals surface area contributed by atoms with Crippen molar-refractivity contribution in [2.24, 2.45) is 0 Å². The maximum Gasteiger partial charge on any atom is 0.321 e. The highest BCUT2D eigenvalue weighted by Gasteiger charge is 2.24. The van der Waals surface area contributed by atoms with Crippen LogP contribution in [0.25, 0.3) is 0 Å². The van der Waals surface area contributed by atoms with Crippen LogP contribution in [0.1, 0.15) is 24.2 Å². The highest BCUT2D eigenvalue weighted by atomic mass is 35.5. The average molecular weight is 420 g/mol. The molecule has 1 aliphatic rings. The van der Waals surface area contributed by atoms with Crippen molar-refractivity contribution in [1.82, 2.24) is 14.8 Å². The molecule has 9 heteroatoms. The van der Waals surface area contributed by atoms with Crippen LogP contribution < -0.4 is 10.6 Å². The molecule has 0 saturated carbocycles. The molecule has 1 saturated heterocycles. The standard InChI is InChI=1S/C20H23ClFN5O2/c1-13(2)26-7-9-27(10-8-26)20(29)24-17-5-4-15(22)11-16(17)19(28)25-18-6-3-14(21)12-23-18/h3-6,11-13H,7-10H2,1-2H3,(H,24,29)(H,23,25,28). The molecule has 154 valence electrons. The highest BCUT2D eigenvalue weighted by molar-refractivity contribution is 6.30. The van der Waals surface area contributed by atoms with Crippen molar-refractivity contribution >= 4 is 35.0 Å². The number of benzene rings is 1. The Morgan fingerprint density at radius 1 is 1.10 bits per heavy atom. The van der Waals surface area contributed by atoms with Crippen LogP contribution in [0.3, 0.4) is 0 Å². The molecular formula is C20H23ClFN5O2. The fourth-order valence-electron chi connectivity index (χ4n) is 3.08. The number of halogens is 2. The Labute approximate surface area is 173 Å². The summed E-state index contributed by atoms with van der Waals surface area (Å²) in [6, 6.07) is 6.87. The van der Waals surface area contributed by atoms with E-state index in [1.54, 1.807) is 11.0 Å². The molecule has 0 spiro atoms. The number of nitrogens with zero attached hydrogens (tertiary/aromatic N) is 3. The first kappa shape index (κ1) is 21.0. The molecule has 2 N–H and O–H groups in total. The molecule has 2 aromatic rings. The number of carbonyl (C=O) groups excluding carboxylic acids is 2. The Balaban J connectivity index is 1.70. The monoisotopic (exact) mass is 419 g/mol. The summed E-state index contributed by atoms with van der Waals surface area (Å²) in [6.07, 6.45) is 1.39. The quantitative estimate of drug-likeness (QED) is 0.792. The SMILES string of the molecule is CC(C)N1CCN(C(=O)Nc2ccc(F)cc2C(=O)Nc2ccc(Cl)cn2)CC1. The zero-order valence-corrected chi connectivity index (χ0v) is 17.0. The fraction of sp³-hybridized carbons (Fsp3) is 0.350. The van der Waals surface area contributed by atoms with Gasteiger partial charge >= 0.3 is 6.03 Å². The minimum absolute atomic E-state index is 0.0101. The number of nitrogens with one attached hydrogen (secondary N) is 2. The van der Waals surface area contributed by atoms with E-state index in [9.17, 15) is 14.0 Å². The van der Waals surface area contributed by atoms with E-state index in [0.29, 0.717) is 24.2 Å². The van der Waals surface area contributed by atoms with E-state index in [4.69, 9.17) is 11.6 Å². The molecule has 3 amide bonds. The zero-order chi connectivity index (χ0) is 21.0. The first-order valence-electron chi connectivity index (χ1n) is 9.36. The van der Waals surface area contributed by atoms with Crippen LogP contribution in [0.5, 0.6) is 0 Å². The molecule has 1 aromatic heterocycles. The van der Waals surface area contributed by atoms with Gasteiger partial charge in [-0.25, -0.2) is 14.2 Å². The van der Waals surface area contributed by atoms with Gasteiger partial charge in [0.1, 0.15) is 11.6 Å². The number of piperazine rings is 1. The Morgan fingerprint density at radius 3 is 2.45 bits per heavy atom. The van der Waals surface area contributed by atoms with Crippen LogP contribution in [0.4, 0.5) is 20.7 Å². The van der Waals surface area contributed by atoms with Gasteiger partial charge in [-0.1, -0.05) is 11.6 Å². The van der Waals surface area contributed by atoms with Crippen molar-refractivity contribution in [3.8, 4) is 0 Å². The first-order valence-corrected chi connectivity index (χ1v) is 9.73. The Hall–Kier alpha value is -2.71. The summed E-state index contributed by atoms with van der Waals surface area (Å²) >= 11 is 5.79. The molecule has 1 fully saturated rings.